The fraction of sp³-hybridized carbons (Fsp3) is 0.542. The fourth-order valence-electron chi connectivity index (χ4n) is 4.52. The number of carbonyl (C=O) groups is 3. The summed E-state index contributed by atoms with van der Waals surface area (Å²) >= 11 is 0. The molecule has 0 spiro atoms. The molecule has 0 saturated heterocycles. The van der Waals surface area contributed by atoms with Crippen molar-refractivity contribution in [1.82, 2.24) is 10.2 Å². The number of aliphatic hydroxyl groups excluding tert-OH is 2. The minimum atomic E-state index is -1.20. The summed E-state index contributed by atoms with van der Waals surface area (Å²) in [6.07, 6.45) is 0.168. The third kappa shape index (κ3) is 5.48. The quantitative estimate of drug-likeness (QED) is 0.333. The number of rotatable bonds is 12. The minimum Gasteiger partial charge on any atom is -0.493 e. The van der Waals surface area contributed by atoms with Gasteiger partial charge in [0, 0.05) is 44.0 Å². The number of nitrogens with zero attached hydrogens (tertiary/aromatic N) is 1. The van der Waals surface area contributed by atoms with E-state index >= 15 is 0 Å². The van der Waals surface area contributed by atoms with Crippen LogP contribution >= 0.6 is 0 Å². The summed E-state index contributed by atoms with van der Waals surface area (Å²) in [5.74, 6) is -0.863. The zero-order valence-corrected chi connectivity index (χ0v) is 20.1. The van der Waals surface area contributed by atoms with Crippen LogP contribution in [-0.2, 0) is 19.1 Å². The largest absolute Gasteiger partial charge is 0.493 e. The number of methoxy groups -OCH3 is 3. The van der Waals surface area contributed by atoms with E-state index in [0.29, 0.717) is 28.9 Å². The van der Waals surface area contributed by atoms with Crippen LogP contribution < -0.4 is 14.8 Å². The summed E-state index contributed by atoms with van der Waals surface area (Å²) < 4.78 is 21.7. The van der Waals surface area contributed by atoms with Crippen molar-refractivity contribution in [3.05, 3.63) is 34.9 Å². The number of ether oxygens (including phenoxy) is 4. The lowest BCUT2D eigenvalue weighted by molar-refractivity contribution is -0.139. The average Bonchev–Trinajstić information content (AvgIpc) is 3.26. The number of hydrogen-bond donors (Lipinski definition) is 3. The van der Waals surface area contributed by atoms with E-state index in [1.807, 2.05) is 0 Å². The predicted molar refractivity (Wildman–Crippen MR) is 124 cm³/mol. The molecule has 4 atom stereocenters. The topological polar surface area (TPSA) is 144 Å². The Hall–Kier alpha value is -2.99. The smallest absolute Gasteiger partial charge is 0.247 e. The van der Waals surface area contributed by atoms with E-state index in [1.165, 1.54) is 32.3 Å². The Morgan fingerprint density at radius 1 is 1.20 bits per heavy atom. The molecule has 0 unspecified atom stereocenters. The standard InChI is InChI=1S/C24H32N2O9/c1-32-8-4-19(29)26(6-9-33-2)17-12-16(24(31)25-5-7-27)20-15-10-14(13-28)11-18(34-3)22(15)35-23(20)21(17)30/h10-13,17,20-21,23,27,30H,4-9H2,1-3H3,(H,25,31)/t17-,20+,21+,23+/m1/s1. The van der Waals surface area contributed by atoms with Crippen LogP contribution in [0, 0.1) is 0 Å². The third-order valence-corrected chi connectivity index (χ3v) is 6.15. The zero-order valence-electron chi connectivity index (χ0n) is 20.1. The van der Waals surface area contributed by atoms with E-state index in [4.69, 9.17) is 18.9 Å². The number of carbonyl (C=O) groups excluding carboxylic acids is 3. The number of fused-ring (bicyclic) bond motifs is 3. The molecule has 0 saturated carbocycles. The van der Waals surface area contributed by atoms with E-state index < -0.39 is 30.1 Å². The summed E-state index contributed by atoms with van der Waals surface area (Å²) in [4.78, 5) is 39.2. The third-order valence-electron chi connectivity index (χ3n) is 6.15. The normalized spacial score (nSPS) is 22.4. The number of nitrogens with one attached hydrogen (secondary N) is 1. The molecular formula is C24H32N2O9. The molecule has 11 nitrogen and oxygen atoms in total. The predicted octanol–water partition coefficient (Wildman–Crippen LogP) is -0.358. The van der Waals surface area contributed by atoms with Crippen molar-refractivity contribution >= 4 is 18.1 Å². The van der Waals surface area contributed by atoms with Gasteiger partial charge in [-0.3, -0.25) is 14.4 Å². The molecule has 1 heterocycles. The second-order valence-corrected chi connectivity index (χ2v) is 8.22. The summed E-state index contributed by atoms with van der Waals surface area (Å²) in [6.45, 7) is 0.342. The highest BCUT2D eigenvalue weighted by molar-refractivity contribution is 5.96. The highest BCUT2D eigenvalue weighted by atomic mass is 16.5. The van der Waals surface area contributed by atoms with Crippen LogP contribution in [0.25, 0.3) is 0 Å². The monoisotopic (exact) mass is 492 g/mol. The molecule has 1 aromatic rings. The lowest BCUT2D eigenvalue weighted by Crippen LogP contribution is -2.56. The SMILES string of the molecule is COCCC(=O)N(CCOC)[C@@H]1C=C(C(=O)NCCO)[C@@H]2c3cc(C=O)cc(OC)c3O[C@@H]2[C@H]1O. The molecule has 2 aliphatic rings. The molecule has 1 aromatic carbocycles. The van der Waals surface area contributed by atoms with Crippen LogP contribution in [-0.4, -0.2) is 106 Å². The summed E-state index contributed by atoms with van der Waals surface area (Å²) in [5, 5.41) is 23.2. The summed E-state index contributed by atoms with van der Waals surface area (Å²) in [5.41, 5.74) is 1.10. The van der Waals surface area contributed by atoms with Gasteiger partial charge in [0.1, 0.15) is 18.5 Å². The van der Waals surface area contributed by atoms with Gasteiger partial charge in [0.05, 0.1) is 45.3 Å². The molecule has 2 amide bonds. The highest BCUT2D eigenvalue weighted by Gasteiger charge is 2.51. The number of aldehydes is 1. The van der Waals surface area contributed by atoms with Crippen molar-refractivity contribution in [1.29, 1.82) is 0 Å². The maximum atomic E-state index is 13.2. The average molecular weight is 493 g/mol. The number of amides is 2. The Balaban J connectivity index is 2.09. The Labute approximate surface area is 203 Å². The zero-order chi connectivity index (χ0) is 25.5. The second-order valence-electron chi connectivity index (χ2n) is 8.22. The van der Waals surface area contributed by atoms with Crippen molar-refractivity contribution in [3.63, 3.8) is 0 Å². The first kappa shape index (κ1) is 26.6. The first-order valence-electron chi connectivity index (χ1n) is 11.3. The Morgan fingerprint density at radius 2 is 1.94 bits per heavy atom. The maximum Gasteiger partial charge on any atom is 0.247 e. The van der Waals surface area contributed by atoms with Gasteiger partial charge in [0.25, 0.3) is 0 Å². The van der Waals surface area contributed by atoms with Crippen molar-refractivity contribution in [2.24, 2.45) is 0 Å². The lowest BCUT2D eigenvalue weighted by atomic mass is 9.77. The van der Waals surface area contributed by atoms with Gasteiger partial charge in [-0.05, 0) is 18.2 Å². The first-order valence-corrected chi connectivity index (χ1v) is 11.3. The van der Waals surface area contributed by atoms with Crippen LogP contribution in [0.5, 0.6) is 11.5 Å². The molecule has 192 valence electrons. The summed E-state index contributed by atoms with van der Waals surface area (Å²) in [6, 6.07) is 2.22. The van der Waals surface area contributed by atoms with Gasteiger partial charge in [0.2, 0.25) is 11.8 Å². The molecular weight excluding hydrogens is 460 g/mol. The van der Waals surface area contributed by atoms with Crippen LogP contribution in [0.15, 0.2) is 23.8 Å². The van der Waals surface area contributed by atoms with E-state index in [0.717, 1.165) is 0 Å². The van der Waals surface area contributed by atoms with E-state index in [-0.39, 0.29) is 50.8 Å². The van der Waals surface area contributed by atoms with Gasteiger partial charge in [-0.15, -0.1) is 0 Å². The lowest BCUT2D eigenvalue weighted by Gasteiger charge is -2.40. The van der Waals surface area contributed by atoms with E-state index in [2.05, 4.69) is 5.32 Å². The molecule has 0 radical (unpaired) electrons. The Morgan fingerprint density at radius 3 is 2.57 bits per heavy atom. The molecule has 0 aromatic heterocycles. The molecule has 1 aliphatic carbocycles. The van der Waals surface area contributed by atoms with Crippen molar-refractivity contribution < 1.29 is 43.5 Å². The van der Waals surface area contributed by atoms with Gasteiger partial charge in [-0.25, -0.2) is 0 Å². The van der Waals surface area contributed by atoms with Gasteiger partial charge >= 0.3 is 0 Å². The molecule has 0 fully saturated rings. The van der Waals surface area contributed by atoms with Crippen molar-refractivity contribution in [3.8, 4) is 11.5 Å². The fourth-order valence-corrected chi connectivity index (χ4v) is 4.52. The molecule has 3 rings (SSSR count). The van der Waals surface area contributed by atoms with Crippen LogP contribution in [0.4, 0.5) is 0 Å². The molecule has 1 aliphatic heterocycles. The van der Waals surface area contributed by atoms with Gasteiger partial charge in [0.15, 0.2) is 11.5 Å². The van der Waals surface area contributed by atoms with E-state index in [9.17, 15) is 24.6 Å². The second kappa shape index (κ2) is 12.1. The maximum absolute atomic E-state index is 13.2. The number of aliphatic hydroxyl groups is 2. The summed E-state index contributed by atoms with van der Waals surface area (Å²) in [7, 11) is 4.42. The van der Waals surface area contributed by atoms with Gasteiger partial charge in [-0.2, -0.15) is 0 Å². The van der Waals surface area contributed by atoms with Crippen LogP contribution in [0.1, 0.15) is 28.3 Å². The number of hydrogen-bond acceptors (Lipinski definition) is 9. The first-order chi connectivity index (χ1) is 16.9. The highest BCUT2D eigenvalue weighted by Crippen LogP contribution is 2.51. The minimum absolute atomic E-state index is 0.0202. The Kier molecular flexibility index (Phi) is 9.21. The van der Waals surface area contributed by atoms with Crippen molar-refractivity contribution in [2.45, 2.75) is 30.6 Å². The molecule has 11 heteroatoms. The molecule has 0 bridgehead atoms. The van der Waals surface area contributed by atoms with Crippen molar-refractivity contribution in [2.75, 3.05) is 54.2 Å². The van der Waals surface area contributed by atoms with Gasteiger partial charge in [-0.1, -0.05) is 0 Å². The van der Waals surface area contributed by atoms with E-state index in [1.54, 1.807) is 12.1 Å². The van der Waals surface area contributed by atoms with Gasteiger partial charge < -0.3 is 39.4 Å². The van der Waals surface area contributed by atoms with Crippen LogP contribution in [0.2, 0.25) is 0 Å². The molecule has 3 N–H and O–H groups in total. The van der Waals surface area contributed by atoms with Crippen LogP contribution in [0.3, 0.4) is 0 Å². The number of benzene rings is 1. The Bertz CT molecular complexity index is 965. The molecule has 35 heavy (non-hydrogen) atoms.